The fourth-order valence-corrected chi connectivity index (χ4v) is 2.24. The van der Waals surface area contributed by atoms with Gasteiger partial charge in [0.2, 0.25) is 0 Å². The largest absolute Gasteiger partial charge is 0.229 e. The SMILES string of the molecule is Cc1ccc(CS(C)(=O)=O)cc1Br. The van der Waals surface area contributed by atoms with Crippen molar-refractivity contribution in [3.63, 3.8) is 0 Å². The molecule has 0 radical (unpaired) electrons. The van der Waals surface area contributed by atoms with Crippen LogP contribution in [0.15, 0.2) is 22.7 Å². The van der Waals surface area contributed by atoms with Crippen LogP contribution < -0.4 is 0 Å². The molecule has 0 aliphatic rings. The molecule has 0 aliphatic heterocycles. The first-order chi connectivity index (χ1) is 5.88. The summed E-state index contributed by atoms with van der Waals surface area (Å²) in [6.07, 6.45) is 1.24. The summed E-state index contributed by atoms with van der Waals surface area (Å²) in [6, 6.07) is 5.59. The number of halogens is 1. The molecular formula is C9H11BrO2S. The first-order valence-electron chi connectivity index (χ1n) is 3.81. The van der Waals surface area contributed by atoms with Crippen molar-refractivity contribution in [1.29, 1.82) is 0 Å². The molecule has 0 heterocycles. The quantitative estimate of drug-likeness (QED) is 0.820. The molecule has 1 rings (SSSR count). The second-order valence-corrected chi connectivity index (χ2v) is 6.15. The summed E-state index contributed by atoms with van der Waals surface area (Å²) in [4.78, 5) is 0. The van der Waals surface area contributed by atoms with Crippen LogP contribution in [0.25, 0.3) is 0 Å². The molecule has 0 spiro atoms. The van der Waals surface area contributed by atoms with E-state index < -0.39 is 9.84 Å². The number of aryl methyl sites for hydroxylation is 1. The van der Waals surface area contributed by atoms with Gasteiger partial charge in [0.05, 0.1) is 5.75 Å². The maximum Gasteiger partial charge on any atom is 0.151 e. The van der Waals surface area contributed by atoms with E-state index in [9.17, 15) is 8.42 Å². The van der Waals surface area contributed by atoms with Gasteiger partial charge < -0.3 is 0 Å². The van der Waals surface area contributed by atoms with Crippen molar-refractivity contribution in [2.45, 2.75) is 12.7 Å². The van der Waals surface area contributed by atoms with Crippen LogP contribution in [0.2, 0.25) is 0 Å². The number of hydrogen-bond acceptors (Lipinski definition) is 2. The normalized spacial score (nSPS) is 11.6. The van der Waals surface area contributed by atoms with Gasteiger partial charge in [-0.15, -0.1) is 0 Å². The molecule has 0 N–H and O–H groups in total. The lowest BCUT2D eigenvalue weighted by Gasteiger charge is -2.02. The highest BCUT2D eigenvalue weighted by atomic mass is 79.9. The van der Waals surface area contributed by atoms with Gasteiger partial charge in [0.25, 0.3) is 0 Å². The van der Waals surface area contributed by atoms with E-state index in [0.717, 1.165) is 15.6 Å². The Morgan fingerprint density at radius 1 is 1.38 bits per heavy atom. The Morgan fingerprint density at radius 3 is 2.46 bits per heavy atom. The van der Waals surface area contributed by atoms with E-state index in [1.54, 1.807) is 0 Å². The van der Waals surface area contributed by atoms with Gasteiger partial charge in [-0.25, -0.2) is 8.42 Å². The van der Waals surface area contributed by atoms with Crippen LogP contribution in [-0.4, -0.2) is 14.7 Å². The van der Waals surface area contributed by atoms with Gasteiger partial charge >= 0.3 is 0 Å². The predicted molar refractivity (Wildman–Crippen MR) is 57.4 cm³/mol. The van der Waals surface area contributed by atoms with Crippen molar-refractivity contribution in [2.75, 3.05) is 6.26 Å². The number of hydrogen-bond donors (Lipinski definition) is 0. The van der Waals surface area contributed by atoms with Crippen LogP contribution >= 0.6 is 15.9 Å². The summed E-state index contributed by atoms with van der Waals surface area (Å²) in [7, 11) is -2.93. The molecule has 0 unspecified atom stereocenters. The molecule has 0 fully saturated rings. The van der Waals surface area contributed by atoms with Crippen LogP contribution in [0.4, 0.5) is 0 Å². The summed E-state index contributed by atoms with van der Waals surface area (Å²) in [5, 5.41) is 0. The number of sulfone groups is 1. The Hall–Kier alpha value is -0.350. The van der Waals surface area contributed by atoms with E-state index in [1.165, 1.54) is 6.26 Å². The van der Waals surface area contributed by atoms with E-state index in [1.807, 2.05) is 25.1 Å². The van der Waals surface area contributed by atoms with Crippen LogP contribution in [0.3, 0.4) is 0 Å². The first kappa shape index (κ1) is 10.7. The van der Waals surface area contributed by atoms with Gasteiger partial charge in [0.15, 0.2) is 9.84 Å². The van der Waals surface area contributed by atoms with Crippen LogP contribution in [0, 0.1) is 6.92 Å². The Morgan fingerprint density at radius 2 is 2.00 bits per heavy atom. The molecule has 1 aromatic rings. The van der Waals surface area contributed by atoms with E-state index in [0.29, 0.717) is 0 Å². The lowest BCUT2D eigenvalue weighted by Crippen LogP contribution is -2.00. The zero-order valence-corrected chi connectivity index (χ0v) is 9.94. The summed E-state index contributed by atoms with van der Waals surface area (Å²) in [6.45, 7) is 1.97. The molecule has 2 nitrogen and oxygen atoms in total. The molecule has 0 bridgehead atoms. The monoisotopic (exact) mass is 262 g/mol. The predicted octanol–water partition coefficient (Wildman–Crippen LogP) is 2.30. The summed E-state index contributed by atoms with van der Waals surface area (Å²) < 4.78 is 22.9. The molecular weight excluding hydrogens is 252 g/mol. The smallest absolute Gasteiger partial charge is 0.151 e. The highest BCUT2D eigenvalue weighted by Crippen LogP contribution is 2.18. The molecule has 72 valence electrons. The van der Waals surface area contributed by atoms with Crippen molar-refractivity contribution in [2.24, 2.45) is 0 Å². The maximum atomic E-state index is 11.0. The summed E-state index contributed by atoms with van der Waals surface area (Å²) in [5.41, 5.74) is 1.93. The van der Waals surface area contributed by atoms with E-state index in [4.69, 9.17) is 0 Å². The fraction of sp³-hybridized carbons (Fsp3) is 0.333. The maximum absolute atomic E-state index is 11.0. The molecule has 1 aromatic carbocycles. The number of benzene rings is 1. The molecule has 0 saturated heterocycles. The van der Waals surface area contributed by atoms with Gasteiger partial charge in [0, 0.05) is 10.7 Å². The summed E-state index contributed by atoms with van der Waals surface area (Å²) in [5.74, 6) is 0.103. The highest BCUT2D eigenvalue weighted by Gasteiger charge is 2.05. The third-order valence-corrected chi connectivity index (χ3v) is 3.38. The first-order valence-corrected chi connectivity index (χ1v) is 6.66. The average Bonchev–Trinajstić information content (AvgIpc) is 1.94. The Balaban J connectivity index is 2.99. The lowest BCUT2D eigenvalue weighted by atomic mass is 10.2. The standard InChI is InChI=1S/C9H11BrO2S/c1-7-3-4-8(5-9(7)10)6-13(2,11)12/h3-5H,6H2,1-2H3. The highest BCUT2D eigenvalue weighted by molar-refractivity contribution is 9.10. The second kappa shape index (κ2) is 3.80. The van der Waals surface area contributed by atoms with Crippen molar-refractivity contribution in [3.8, 4) is 0 Å². The molecule has 0 aromatic heterocycles. The van der Waals surface area contributed by atoms with Crippen molar-refractivity contribution in [1.82, 2.24) is 0 Å². The zero-order chi connectivity index (χ0) is 10.1. The molecule has 0 aliphatic carbocycles. The molecule has 4 heteroatoms. The molecule has 0 saturated carbocycles. The minimum Gasteiger partial charge on any atom is -0.229 e. The van der Waals surface area contributed by atoms with Crippen molar-refractivity contribution >= 4 is 25.8 Å². The second-order valence-electron chi connectivity index (χ2n) is 3.15. The van der Waals surface area contributed by atoms with Gasteiger partial charge in [-0.2, -0.15) is 0 Å². The topological polar surface area (TPSA) is 34.1 Å². The van der Waals surface area contributed by atoms with E-state index in [-0.39, 0.29) is 5.75 Å². The average molecular weight is 263 g/mol. The van der Waals surface area contributed by atoms with Gasteiger partial charge in [-0.05, 0) is 24.1 Å². The third kappa shape index (κ3) is 3.48. The van der Waals surface area contributed by atoms with Crippen LogP contribution in [0.1, 0.15) is 11.1 Å². The van der Waals surface area contributed by atoms with Crippen molar-refractivity contribution < 1.29 is 8.42 Å². The van der Waals surface area contributed by atoms with E-state index in [2.05, 4.69) is 15.9 Å². The van der Waals surface area contributed by atoms with E-state index >= 15 is 0 Å². The fourth-order valence-electron chi connectivity index (χ4n) is 1.03. The van der Waals surface area contributed by atoms with Crippen LogP contribution in [0.5, 0.6) is 0 Å². The van der Waals surface area contributed by atoms with Crippen LogP contribution in [-0.2, 0) is 15.6 Å². The molecule has 0 amide bonds. The summed E-state index contributed by atoms with van der Waals surface area (Å²) >= 11 is 3.36. The third-order valence-electron chi connectivity index (χ3n) is 1.67. The van der Waals surface area contributed by atoms with Gasteiger partial charge in [0.1, 0.15) is 0 Å². The van der Waals surface area contributed by atoms with Gasteiger partial charge in [-0.3, -0.25) is 0 Å². The Bertz CT molecular complexity index is 410. The Labute approximate surface area is 87.0 Å². The van der Waals surface area contributed by atoms with Gasteiger partial charge in [-0.1, -0.05) is 28.1 Å². The lowest BCUT2D eigenvalue weighted by molar-refractivity contribution is 0.601. The molecule has 13 heavy (non-hydrogen) atoms. The minimum absolute atomic E-state index is 0.103. The Kier molecular flexibility index (Phi) is 3.14. The zero-order valence-electron chi connectivity index (χ0n) is 7.54. The molecule has 0 atom stereocenters. The van der Waals surface area contributed by atoms with Crippen molar-refractivity contribution in [3.05, 3.63) is 33.8 Å². The number of rotatable bonds is 2. The minimum atomic E-state index is -2.93.